The molecule has 1 unspecified atom stereocenters. The largest absolute Gasteiger partial charge is 0.471 e. The summed E-state index contributed by atoms with van der Waals surface area (Å²) in [5, 5.41) is 8.20. The Balaban J connectivity index is 1.31. The SMILES string of the molecule is CN(C)c1ccc(OC2CCN(C(=O)Cc3ccc4c(c3)OCO4)C2)nn1. The normalized spacial score (nSPS) is 17.9. The zero-order valence-corrected chi connectivity index (χ0v) is 15.4. The van der Waals surface area contributed by atoms with E-state index in [0.717, 1.165) is 23.6 Å². The van der Waals surface area contributed by atoms with Gasteiger partial charge < -0.3 is 24.0 Å². The molecule has 0 radical (unpaired) electrons. The van der Waals surface area contributed by atoms with Crippen LogP contribution in [0.25, 0.3) is 0 Å². The monoisotopic (exact) mass is 370 g/mol. The van der Waals surface area contributed by atoms with Gasteiger partial charge in [-0.3, -0.25) is 4.79 Å². The third-order valence-electron chi connectivity index (χ3n) is 4.66. The first-order valence-corrected chi connectivity index (χ1v) is 8.92. The molecule has 2 aliphatic rings. The van der Waals surface area contributed by atoms with Gasteiger partial charge in [-0.15, -0.1) is 10.2 Å². The number of amides is 1. The molecule has 2 aromatic rings. The molecule has 2 aliphatic heterocycles. The molecule has 0 saturated carbocycles. The van der Waals surface area contributed by atoms with Crippen LogP contribution in [0.3, 0.4) is 0 Å². The summed E-state index contributed by atoms with van der Waals surface area (Å²) in [6, 6.07) is 9.28. The quantitative estimate of drug-likeness (QED) is 0.789. The number of nitrogens with zero attached hydrogens (tertiary/aromatic N) is 4. The van der Waals surface area contributed by atoms with Gasteiger partial charge in [0.05, 0.1) is 13.0 Å². The molecule has 0 spiro atoms. The van der Waals surface area contributed by atoms with Crippen LogP contribution in [0.5, 0.6) is 17.4 Å². The van der Waals surface area contributed by atoms with Gasteiger partial charge in [-0.2, -0.15) is 0 Å². The second-order valence-corrected chi connectivity index (χ2v) is 6.86. The molecule has 8 heteroatoms. The highest BCUT2D eigenvalue weighted by Gasteiger charge is 2.28. The Morgan fingerprint density at radius 2 is 2.07 bits per heavy atom. The molecule has 0 N–H and O–H groups in total. The third kappa shape index (κ3) is 3.89. The van der Waals surface area contributed by atoms with E-state index in [1.54, 1.807) is 6.07 Å². The van der Waals surface area contributed by atoms with Crippen molar-refractivity contribution in [1.82, 2.24) is 15.1 Å². The van der Waals surface area contributed by atoms with E-state index < -0.39 is 0 Å². The molecule has 8 nitrogen and oxygen atoms in total. The average Bonchev–Trinajstić information content (AvgIpc) is 3.31. The number of benzene rings is 1. The molecule has 1 aromatic carbocycles. The highest BCUT2D eigenvalue weighted by atomic mass is 16.7. The lowest BCUT2D eigenvalue weighted by Crippen LogP contribution is -2.32. The third-order valence-corrected chi connectivity index (χ3v) is 4.66. The molecule has 3 heterocycles. The van der Waals surface area contributed by atoms with Crippen LogP contribution < -0.4 is 19.1 Å². The van der Waals surface area contributed by atoms with Crippen molar-refractivity contribution in [3.8, 4) is 17.4 Å². The lowest BCUT2D eigenvalue weighted by molar-refractivity contribution is -0.129. The molecule has 1 aromatic heterocycles. The van der Waals surface area contributed by atoms with Gasteiger partial charge in [-0.05, 0) is 23.8 Å². The molecule has 1 atom stereocenters. The lowest BCUT2D eigenvalue weighted by atomic mass is 10.1. The molecule has 1 amide bonds. The second-order valence-electron chi connectivity index (χ2n) is 6.86. The number of hydrogen-bond acceptors (Lipinski definition) is 7. The molecule has 0 aliphatic carbocycles. The molecule has 27 heavy (non-hydrogen) atoms. The van der Waals surface area contributed by atoms with E-state index in [-0.39, 0.29) is 18.8 Å². The summed E-state index contributed by atoms with van der Waals surface area (Å²) in [6.45, 7) is 1.47. The van der Waals surface area contributed by atoms with Crippen LogP contribution in [-0.4, -0.2) is 61.1 Å². The Morgan fingerprint density at radius 1 is 1.22 bits per heavy atom. The van der Waals surface area contributed by atoms with Crippen LogP contribution in [0.1, 0.15) is 12.0 Å². The van der Waals surface area contributed by atoms with E-state index in [9.17, 15) is 4.79 Å². The fourth-order valence-corrected chi connectivity index (χ4v) is 3.17. The van der Waals surface area contributed by atoms with Gasteiger partial charge in [-0.1, -0.05) is 6.07 Å². The fourth-order valence-electron chi connectivity index (χ4n) is 3.17. The summed E-state index contributed by atoms with van der Waals surface area (Å²) in [7, 11) is 3.82. The van der Waals surface area contributed by atoms with Gasteiger partial charge in [0.1, 0.15) is 6.10 Å². The first-order chi connectivity index (χ1) is 13.1. The summed E-state index contributed by atoms with van der Waals surface area (Å²) in [4.78, 5) is 16.3. The van der Waals surface area contributed by atoms with Crippen molar-refractivity contribution in [2.24, 2.45) is 0 Å². The zero-order valence-electron chi connectivity index (χ0n) is 15.4. The fraction of sp³-hybridized carbons (Fsp3) is 0.421. The molecule has 1 saturated heterocycles. The smallest absolute Gasteiger partial charge is 0.233 e. The van der Waals surface area contributed by atoms with Crippen molar-refractivity contribution in [2.45, 2.75) is 18.9 Å². The zero-order chi connectivity index (χ0) is 18.8. The Labute approximate surface area is 157 Å². The Bertz CT molecular complexity index is 825. The topological polar surface area (TPSA) is 77.0 Å². The minimum Gasteiger partial charge on any atom is -0.471 e. The van der Waals surface area contributed by atoms with Crippen molar-refractivity contribution < 1.29 is 19.0 Å². The number of rotatable bonds is 5. The van der Waals surface area contributed by atoms with Gasteiger partial charge in [-0.25, -0.2) is 0 Å². The van der Waals surface area contributed by atoms with Crippen molar-refractivity contribution in [3.63, 3.8) is 0 Å². The highest BCUT2D eigenvalue weighted by molar-refractivity contribution is 5.79. The van der Waals surface area contributed by atoms with Crippen molar-refractivity contribution in [2.75, 3.05) is 38.9 Å². The van der Waals surface area contributed by atoms with Crippen LogP contribution in [-0.2, 0) is 11.2 Å². The van der Waals surface area contributed by atoms with Crippen LogP contribution >= 0.6 is 0 Å². The van der Waals surface area contributed by atoms with Gasteiger partial charge in [0.15, 0.2) is 17.3 Å². The molecule has 142 valence electrons. The number of hydrogen-bond donors (Lipinski definition) is 0. The molecule has 4 rings (SSSR count). The van der Waals surface area contributed by atoms with Crippen LogP contribution in [0.15, 0.2) is 30.3 Å². The average molecular weight is 370 g/mol. The standard InChI is InChI=1S/C19H22N4O4/c1-22(2)17-5-6-18(21-20-17)27-14-7-8-23(11-14)19(24)10-13-3-4-15-16(9-13)26-12-25-15/h3-6,9,14H,7-8,10-12H2,1-2H3. The molecular weight excluding hydrogens is 348 g/mol. The number of likely N-dealkylation sites (tertiary alicyclic amines) is 1. The summed E-state index contributed by atoms with van der Waals surface area (Å²) < 4.78 is 16.5. The predicted molar refractivity (Wildman–Crippen MR) is 98.2 cm³/mol. The van der Waals surface area contributed by atoms with E-state index in [1.807, 2.05) is 48.2 Å². The highest BCUT2D eigenvalue weighted by Crippen LogP contribution is 2.32. The maximum absolute atomic E-state index is 12.6. The number of anilines is 1. The maximum Gasteiger partial charge on any atom is 0.233 e. The van der Waals surface area contributed by atoms with Crippen LogP contribution in [0.4, 0.5) is 5.82 Å². The van der Waals surface area contributed by atoms with E-state index in [2.05, 4.69) is 10.2 Å². The van der Waals surface area contributed by atoms with Crippen molar-refractivity contribution >= 4 is 11.7 Å². The summed E-state index contributed by atoms with van der Waals surface area (Å²) in [6.07, 6.45) is 1.05. The van der Waals surface area contributed by atoms with E-state index in [4.69, 9.17) is 14.2 Å². The van der Waals surface area contributed by atoms with Crippen molar-refractivity contribution in [1.29, 1.82) is 0 Å². The van der Waals surface area contributed by atoms with E-state index in [0.29, 0.717) is 31.1 Å². The van der Waals surface area contributed by atoms with Crippen LogP contribution in [0.2, 0.25) is 0 Å². The van der Waals surface area contributed by atoms with Gasteiger partial charge in [0.2, 0.25) is 18.6 Å². The Hall–Kier alpha value is -3.03. The molecule has 0 bridgehead atoms. The Kier molecular flexibility index (Phi) is 4.70. The second kappa shape index (κ2) is 7.30. The number of carbonyl (C=O) groups excluding carboxylic acids is 1. The molecular formula is C19H22N4O4. The minimum atomic E-state index is -0.0646. The summed E-state index contributed by atoms with van der Waals surface area (Å²) in [5.74, 6) is 2.75. The first kappa shape index (κ1) is 17.4. The van der Waals surface area contributed by atoms with E-state index >= 15 is 0 Å². The van der Waals surface area contributed by atoms with Gasteiger partial charge in [0, 0.05) is 33.1 Å². The maximum atomic E-state index is 12.6. The van der Waals surface area contributed by atoms with Gasteiger partial charge in [0.25, 0.3) is 0 Å². The number of aromatic nitrogens is 2. The number of fused-ring (bicyclic) bond motifs is 1. The van der Waals surface area contributed by atoms with Gasteiger partial charge >= 0.3 is 0 Å². The summed E-state index contributed by atoms with van der Waals surface area (Å²) in [5.41, 5.74) is 0.916. The van der Waals surface area contributed by atoms with E-state index in [1.165, 1.54) is 0 Å². The minimum absolute atomic E-state index is 0.0646. The lowest BCUT2D eigenvalue weighted by Gasteiger charge is -2.17. The number of ether oxygens (including phenoxy) is 3. The van der Waals surface area contributed by atoms with Crippen LogP contribution in [0, 0.1) is 0 Å². The first-order valence-electron chi connectivity index (χ1n) is 8.92. The predicted octanol–water partition coefficient (Wildman–Crippen LogP) is 1.49. The molecule has 1 fully saturated rings. The summed E-state index contributed by atoms with van der Waals surface area (Å²) >= 11 is 0. The van der Waals surface area contributed by atoms with Crippen molar-refractivity contribution in [3.05, 3.63) is 35.9 Å². The number of carbonyl (C=O) groups is 1. The Morgan fingerprint density at radius 3 is 2.85 bits per heavy atom.